The summed E-state index contributed by atoms with van der Waals surface area (Å²) in [5, 5.41) is 5.21. The largest absolute Gasteiger partial charge is 0.494 e. The van der Waals surface area contributed by atoms with Crippen LogP contribution in [0.4, 0.5) is 11.4 Å². The number of amides is 4. The first-order valence-corrected chi connectivity index (χ1v) is 15.4. The third-order valence-electron chi connectivity index (χ3n) is 7.01. The molecule has 0 radical (unpaired) electrons. The third kappa shape index (κ3) is 8.96. The van der Waals surface area contributed by atoms with Crippen LogP contribution in [0.2, 0.25) is 0 Å². The summed E-state index contributed by atoms with van der Waals surface area (Å²) in [7, 11) is 0. The minimum absolute atomic E-state index is 0.0143. The molecular weight excluding hydrogens is 622 g/mol. The highest BCUT2D eigenvalue weighted by atomic mass is 16.5. The summed E-state index contributed by atoms with van der Waals surface area (Å²) in [6, 6.07) is 15.7. The van der Waals surface area contributed by atoms with Crippen molar-refractivity contribution in [2.24, 2.45) is 5.92 Å². The van der Waals surface area contributed by atoms with E-state index in [1.54, 1.807) is 62.4 Å². The topological polar surface area (TPSA) is 167 Å². The molecule has 0 aromatic heterocycles. The van der Waals surface area contributed by atoms with Gasteiger partial charge in [0.2, 0.25) is 0 Å². The molecule has 3 aromatic rings. The molecule has 13 nitrogen and oxygen atoms in total. The first-order chi connectivity index (χ1) is 23.0. The molecule has 1 atom stereocenters. The van der Waals surface area contributed by atoms with Gasteiger partial charge in [-0.15, -0.1) is 0 Å². The van der Waals surface area contributed by atoms with E-state index in [0.717, 1.165) is 4.90 Å². The molecule has 0 bridgehead atoms. The average Bonchev–Trinajstić information content (AvgIpc) is 3.31. The molecule has 0 spiro atoms. The summed E-state index contributed by atoms with van der Waals surface area (Å²) < 4.78 is 21.1. The number of ether oxygens (including phenoxy) is 4. The zero-order valence-corrected chi connectivity index (χ0v) is 27.1. The fourth-order valence-electron chi connectivity index (χ4n) is 4.87. The highest BCUT2D eigenvalue weighted by Crippen LogP contribution is 2.29. The summed E-state index contributed by atoms with van der Waals surface area (Å²) in [5.41, 5.74) is 0.743. The van der Waals surface area contributed by atoms with Crippen LogP contribution in [0.25, 0.3) is 0 Å². The summed E-state index contributed by atoms with van der Waals surface area (Å²) >= 11 is 0. The number of rotatable bonds is 15. The Balaban J connectivity index is 1.37. The van der Waals surface area contributed by atoms with Gasteiger partial charge < -0.3 is 29.6 Å². The van der Waals surface area contributed by atoms with Crippen LogP contribution >= 0.6 is 0 Å². The van der Waals surface area contributed by atoms with E-state index in [1.165, 1.54) is 18.2 Å². The summed E-state index contributed by atoms with van der Waals surface area (Å²) in [6.45, 7) is 7.05. The zero-order valence-electron chi connectivity index (χ0n) is 27.1. The van der Waals surface area contributed by atoms with Crippen LogP contribution in [-0.4, -0.2) is 72.9 Å². The van der Waals surface area contributed by atoms with Crippen molar-refractivity contribution in [1.82, 2.24) is 4.90 Å². The van der Waals surface area contributed by atoms with Gasteiger partial charge in [0, 0.05) is 11.4 Å². The van der Waals surface area contributed by atoms with Gasteiger partial charge >= 0.3 is 11.9 Å². The van der Waals surface area contributed by atoms with Crippen molar-refractivity contribution >= 4 is 46.9 Å². The van der Waals surface area contributed by atoms with Gasteiger partial charge in [0.15, 0.2) is 13.2 Å². The van der Waals surface area contributed by atoms with Crippen molar-refractivity contribution in [3.63, 3.8) is 0 Å². The Hall–Kier alpha value is -5.72. The lowest BCUT2D eigenvalue weighted by atomic mass is 10.0. The Labute approximate surface area is 277 Å². The molecular formula is C35H37N3O10. The molecule has 1 aliphatic heterocycles. The van der Waals surface area contributed by atoms with Gasteiger partial charge in [-0.05, 0) is 92.9 Å². The quantitative estimate of drug-likeness (QED) is 0.176. The molecule has 0 fully saturated rings. The lowest BCUT2D eigenvalue weighted by Gasteiger charge is -2.25. The second-order valence-corrected chi connectivity index (χ2v) is 11.1. The molecule has 1 unspecified atom stereocenters. The molecule has 0 saturated carbocycles. The van der Waals surface area contributed by atoms with Gasteiger partial charge in [-0.3, -0.25) is 24.1 Å². The number of imide groups is 1. The second kappa shape index (κ2) is 16.2. The van der Waals surface area contributed by atoms with Gasteiger partial charge in [-0.1, -0.05) is 13.8 Å². The minimum Gasteiger partial charge on any atom is -0.494 e. The number of carbonyl (C=O) groups is 6. The molecule has 48 heavy (non-hydrogen) atoms. The fraction of sp³-hybridized carbons (Fsp3) is 0.314. The second-order valence-electron chi connectivity index (χ2n) is 11.1. The van der Waals surface area contributed by atoms with E-state index in [2.05, 4.69) is 10.6 Å². The van der Waals surface area contributed by atoms with Crippen molar-refractivity contribution in [2.75, 3.05) is 37.1 Å². The smallest absolute Gasteiger partial charge is 0.338 e. The Morgan fingerprint density at radius 2 is 1.19 bits per heavy atom. The number of hydrogen-bond acceptors (Lipinski definition) is 10. The monoisotopic (exact) mass is 659 g/mol. The Bertz CT molecular complexity index is 1670. The summed E-state index contributed by atoms with van der Waals surface area (Å²) in [6.07, 6.45) is 0.0726. The van der Waals surface area contributed by atoms with E-state index in [0.29, 0.717) is 36.1 Å². The maximum Gasteiger partial charge on any atom is 0.338 e. The van der Waals surface area contributed by atoms with Gasteiger partial charge in [0.1, 0.15) is 17.5 Å². The molecule has 2 N–H and O–H groups in total. The Kier molecular flexibility index (Phi) is 11.9. The number of nitrogens with zero attached hydrogens (tertiary/aromatic N) is 1. The molecule has 4 amide bonds. The minimum atomic E-state index is -1.32. The van der Waals surface area contributed by atoms with Crippen molar-refractivity contribution in [1.29, 1.82) is 0 Å². The van der Waals surface area contributed by atoms with Gasteiger partial charge in [-0.2, -0.15) is 0 Å². The van der Waals surface area contributed by atoms with Crippen LogP contribution < -0.4 is 20.1 Å². The summed E-state index contributed by atoms with van der Waals surface area (Å²) in [5.74, 6) is -3.45. The number of hydrogen-bond donors (Lipinski definition) is 2. The van der Waals surface area contributed by atoms with E-state index in [1.807, 2.05) is 13.8 Å². The predicted octanol–water partition coefficient (Wildman–Crippen LogP) is 4.47. The van der Waals surface area contributed by atoms with Crippen LogP contribution in [0, 0.1) is 5.92 Å². The maximum absolute atomic E-state index is 13.5. The zero-order chi connectivity index (χ0) is 34.8. The lowest BCUT2D eigenvalue weighted by molar-refractivity contribution is -0.151. The highest BCUT2D eigenvalue weighted by Gasteiger charge is 2.44. The molecule has 13 heteroatoms. The number of esters is 2. The number of carbonyl (C=O) groups excluding carboxylic acids is 6. The van der Waals surface area contributed by atoms with Gasteiger partial charge in [-0.25, -0.2) is 9.59 Å². The molecule has 0 saturated heterocycles. The lowest BCUT2D eigenvalue weighted by Crippen LogP contribution is -2.46. The van der Waals surface area contributed by atoms with Crippen molar-refractivity contribution < 1.29 is 47.7 Å². The first kappa shape index (κ1) is 35.1. The maximum atomic E-state index is 13.5. The van der Waals surface area contributed by atoms with Crippen LogP contribution in [0.1, 0.15) is 65.2 Å². The van der Waals surface area contributed by atoms with E-state index in [-0.39, 0.29) is 29.0 Å². The van der Waals surface area contributed by atoms with Crippen molar-refractivity contribution in [3.05, 3.63) is 83.4 Å². The standard InChI is InChI=1S/C35H37N3O10/c1-5-45-25-12-8-23(9-13-25)36-30(39)19-47-34(43)22-7-16-27-28(18-22)33(42)38(32(27)41)29(17-21(3)4)35(44)48-20-31(40)37-24-10-14-26(15-11-24)46-6-2/h7-16,18,21,29H,5-6,17,19-20H2,1-4H3,(H,36,39)(H,37,40). The molecule has 0 aliphatic carbocycles. The SMILES string of the molecule is CCOc1ccc(NC(=O)COC(=O)c2ccc3c(c2)C(=O)N(C(CC(C)C)C(=O)OCC(=O)Nc2ccc(OCC)cc2)C3=O)cc1. The normalized spacial score (nSPS) is 12.6. The number of nitrogens with one attached hydrogen (secondary N) is 2. The van der Waals surface area contributed by atoms with Crippen LogP contribution in [0.5, 0.6) is 11.5 Å². The highest BCUT2D eigenvalue weighted by molar-refractivity contribution is 6.23. The number of benzene rings is 3. The van der Waals surface area contributed by atoms with Crippen LogP contribution in [0.3, 0.4) is 0 Å². The first-order valence-electron chi connectivity index (χ1n) is 15.4. The Morgan fingerprint density at radius 3 is 1.69 bits per heavy atom. The number of fused-ring (bicyclic) bond motifs is 1. The molecule has 3 aromatic carbocycles. The molecule has 252 valence electrons. The van der Waals surface area contributed by atoms with Gasteiger partial charge in [0.05, 0.1) is 29.9 Å². The molecule has 1 aliphatic rings. The van der Waals surface area contributed by atoms with Crippen LogP contribution in [-0.2, 0) is 23.9 Å². The van der Waals surface area contributed by atoms with Crippen molar-refractivity contribution in [2.45, 2.75) is 40.2 Å². The van der Waals surface area contributed by atoms with Crippen LogP contribution in [0.15, 0.2) is 66.7 Å². The third-order valence-corrected chi connectivity index (χ3v) is 7.01. The predicted molar refractivity (Wildman–Crippen MR) is 174 cm³/mol. The van der Waals surface area contributed by atoms with Crippen molar-refractivity contribution in [3.8, 4) is 11.5 Å². The molecule has 1 heterocycles. The number of anilines is 2. The average molecular weight is 660 g/mol. The van der Waals surface area contributed by atoms with E-state index in [4.69, 9.17) is 18.9 Å². The molecule has 4 rings (SSSR count). The fourth-order valence-corrected chi connectivity index (χ4v) is 4.87. The Morgan fingerprint density at radius 1 is 0.688 bits per heavy atom. The van der Waals surface area contributed by atoms with E-state index < -0.39 is 54.8 Å². The van der Waals surface area contributed by atoms with Gasteiger partial charge in [0.25, 0.3) is 23.6 Å². The van der Waals surface area contributed by atoms with E-state index >= 15 is 0 Å². The van der Waals surface area contributed by atoms with E-state index in [9.17, 15) is 28.8 Å². The summed E-state index contributed by atoms with van der Waals surface area (Å²) in [4.78, 5) is 78.4.